The summed E-state index contributed by atoms with van der Waals surface area (Å²) in [7, 11) is 0. The summed E-state index contributed by atoms with van der Waals surface area (Å²) in [6.07, 6.45) is 3.64. The molecule has 0 radical (unpaired) electrons. The van der Waals surface area contributed by atoms with Crippen LogP contribution in [0.3, 0.4) is 0 Å². The second-order valence-corrected chi connectivity index (χ2v) is 7.34. The van der Waals surface area contributed by atoms with Crippen molar-refractivity contribution < 1.29 is 4.79 Å². The highest BCUT2D eigenvalue weighted by molar-refractivity contribution is 7.99. The molecule has 2 saturated heterocycles. The van der Waals surface area contributed by atoms with Gasteiger partial charge in [-0.25, -0.2) is 4.98 Å². The number of anilines is 1. The summed E-state index contributed by atoms with van der Waals surface area (Å²) in [5.41, 5.74) is 1.26. The van der Waals surface area contributed by atoms with Crippen molar-refractivity contribution in [3.05, 3.63) is 30.1 Å². The first-order valence-corrected chi connectivity index (χ1v) is 9.45. The third-order valence-electron chi connectivity index (χ3n) is 4.75. The van der Waals surface area contributed by atoms with E-state index in [-0.39, 0.29) is 11.9 Å². The van der Waals surface area contributed by atoms with Crippen LogP contribution in [0.2, 0.25) is 0 Å². The van der Waals surface area contributed by atoms with Gasteiger partial charge in [-0.15, -0.1) is 0 Å². The number of nitrogens with zero attached hydrogens (tertiary/aromatic N) is 5. The molecule has 0 spiro atoms. The van der Waals surface area contributed by atoms with Gasteiger partial charge in [0.05, 0.1) is 0 Å². The molecule has 24 heavy (non-hydrogen) atoms. The molecule has 2 aliphatic heterocycles. The molecule has 4 rings (SSSR count). The Kier molecular flexibility index (Phi) is 4.07. The van der Waals surface area contributed by atoms with E-state index in [1.54, 1.807) is 4.40 Å². The van der Waals surface area contributed by atoms with E-state index in [0.29, 0.717) is 11.5 Å². The zero-order chi connectivity index (χ0) is 16.5. The smallest absolute Gasteiger partial charge is 0.245 e. The minimum atomic E-state index is -0.190. The predicted molar refractivity (Wildman–Crippen MR) is 94.2 cm³/mol. The van der Waals surface area contributed by atoms with Gasteiger partial charge in [-0.05, 0) is 25.0 Å². The molecule has 7 heteroatoms. The summed E-state index contributed by atoms with van der Waals surface area (Å²) in [5.74, 6) is 2.85. The normalized spacial score (nSPS) is 21.2. The number of aromatic nitrogens is 2. The number of nitriles is 1. The molecule has 1 atom stereocenters. The Hall–Kier alpha value is -2.20. The van der Waals surface area contributed by atoms with E-state index in [9.17, 15) is 10.1 Å². The molecule has 0 unspecified atom stereocenters. The highest BCUT2D eigenvalue weighted by atomic mass is 32.2. The molecule has 2 aliphatic rings. The van der Waals surface area contributed by atoms with Crippen LogP contribution >= 0.6 is 11.8 Å². The van der Waals surface area contributed by atoms with Crippen LogP contribution in [-0.2, 0) is 4.79 Å². The van der Waals surface area contributed by atoms with E-state index >= 15 is 0 Å². The van der Waals surface area contributed by atoms with Crippen LogP contribution in [0.25, 0.3) is 5.65 Å². The topological polar surface area (TPSA) is 64.6 Å². The molecular weight excluding hydrogens is 322 g/mol. The second kappa shape index (κ2) is 6.36. The number of amides is 1. The van der Waals surface area contributed by atoms with Gasteiger partial charge in [0.15, 0.2) is 11.5 Å². The second-order valence-electron chi connectivity index (χ2n) is 6.11. The van der Waals surface area contributed by atoms with Gasteiger partial charge in [0, 0.05) is 37.3 Å². The van der Waals surface area contributed by atoms with Gasteiger partial charge in [0.2, 0.25) is 5.91 Å². The monoisotopic (exact) mass is 341 g/mol. The summed E-state index contributed by atoms with van der Waals surface area (Å²) in [5, 5.41) is 9.60. The molecular formula is C17H19N5OS. The Balaban J connectivity index is 1.68. The zero-order valence-corrected chi connectivity index (χ0v) is 14.2. The number of rotatable bonds is 2. The first-order valence-electron chi connectivity index (χ1n) is 8.30. The maximum atomic E-state index is 13.0. The number of hydrogen-bond donors (Lipinski definition) is 0. The molecule has 6 nitrogen and oxygen atoms in total. The van der Waals surface area contributed by atoms with Crippen molar-refractivity contribution in [1.29, 1.82) is 5.26 Å². The maximum absolute atomic E-state index is 13.0. The molecule has 2 aromatic heterocycles. The average molecular weight is 341 g/mol. The van der Waals surface area contributed by atoms with Gasteiger partial charge in [-0.2, -0.15) is 17.0 Å². The lowest BCUT2D eigenvalue weighted by atomic mass is 10.2. The van der Waals surface area contributed by atoms with Crippen LogP contribution in [0.1, 0.15) is 18.5 Å². The summed E-state index contributed by atoms with van der Waals surface area (Å²) in [4.78, 5) is 21.6. The fourth-order valence-electron chi connectivity index (χ4n) is 3.56. The van der Waals surface area contributed by atoms with E-state index in [1.807, 2.05) is 46.0 Å². The van der Waals surface area contributed by atoms with E-state index in [2.05, 4.69) is 11.1 Å². The molecule has 124 valence electrons. The van der Waals surface area contributed by atoms with Crippen LogP contribution in [0.15, 0.2) is 24.4 Å². The first kappa shape index (κ1) is 15.3. The molecule has 4 heterocycles. The fourth-order valence-corrected chi connectivity index (χ4v) is 4.46. The fraction of sp³-hybridized carbons (Fsp3) is 0.471. The van der Waals surface area contributed by atoms with Crippen molar-refractivity contribution >= 4 is 29.1 Å². The lowest BCUT2D eigenvalue weighted by Crippen LogP contribution is -2.48. The van der Waals surface area contributed by atoms with Gasteiger partial charge < -0.3 is 9.80 Å². The Bertz CT molecular complexity index is 805. The van der Waals surface area contributed by atoms with E-state index in [0.717, 1.165) is 49.6 Å². The number of fused-ring (bicyclic) bond motifs is 1. The van der Waals surface area contributed by atoms with Crippen LogP contribution in [0.5, 0.6) is 0 Å². The highest BCUT2D eigenvalue weighted by Gasteiger charge is 2.36. The number of carbonyl (C=O) groups is 1. The molecule has 0 saturated carbocycles. The minimum Gasteiger partial charge on any atom is -0.342 e. The van der Waals surface area contributed by atoms with Crippen LogP contribution in [-0.4, -0.2) is 57.4 Å². The maximum Gasteiger partial charge on any atom is 0.245 e. The minimum absolute atomic E-state index is 0.189. The third kappa shape index (κ3) is 2.51. The Morgan fingerprint density at radius 3 is 2.92 bits per heavy atom. The van der Waals surface area contributed by atoms with Gasteiger partial charge in [-0.3, -0.25) is 9.20 Å². The zero-order valence-electron chi connectivity index (χ0n) is 13.4. The largest absolute Gasteiger partial charge is 0.342 e. The number of thioether (sulfide) groups is 1. The number of pyridine rings is 1. The summed E-state index contributed by atoms with van der Waals surface area (Å²) in [6, 6.07) is 7.76. The lowest BCUT2D eigenvalue weighted by Gasteiger charge is -2.32. The van der Waals surface area contributed by atoms with E-state index in [1.165, 1.54) is 0 Å². The van der Waals surface area contributed by atoms with Crippen molar-refractivity contribution in [2.24, 2.45) is 0 Å². The van der Waals surface area contributed by atoms with E-state index in [4.69, 9.17) is 0 Å². The summed E-state index contributed by atoms with van der Waals surface area (Å²) >= 11 is 1.90. The summed E-state index contributed by atoms with van der Waals surface area (Å²) in [6.45, 7) is 2.42. The average Bonchev–Trinajstić information content (AvgIpc) is 3.25. The highest BCUT2D eigenvalue weighted by Crippen LogP contribution is 2.30. The summed E-state index contributed by atoms with van der Waals surface area (Å²) < 4.78 is 1.80. The number of carbonyl (C=O) groups excluding carboxylic acids is 1. The van der Waals surface area contributed by atoms with Crippen LogP contribution < -0.4 is 4.90 Å². The van der Waals surface area contributed by atoms with Crippen molar-refractivity contribution in [2.75, 3.05) is 36.0 Å². The quantitative estimate of drug-likeness (QED) is 0.833. The van der Waals surface area contributed by atoms with Crippen molar-refractivity contribution in [2.45, 2.75) is 18.9 Å². The molecule has 2 fully saturated rings. The van der Waals surface area contributed by atoms with Gasteiger partial charge in [0.25, 0.3) is 0 Å². The first-order chi connectivity index (χ1) is 11.8. The Morgan fingerprint density at radius 1 is 1.29 bits per heavy atom. The molecule has 0 aliphatic carbocycles. The molecule has 2 aromatic rings. The molecule has 0 bridgehead atoms. The Morgan fingerprint density at radius 2 is 2.12 bits per heavy atom. The number of imidazole rings is 1. The SMILES string of the molecule is N#Cc1c(N2CCC[C@H]2C(=O)N2CCSCC2)nc2ccccn12. The van der Waals surface area contributed by atoms with E-state index < -0.39 is 0 Å². The molecule has 0 N–H and O–H groups in total. The lowest BCUT2D eigenvalue weighted by molar-refractivity contribution is -0.132. The Labute approximate surface area is 145 Å². The van der Waals surface area contributed by atoms with Gasteiger partial charge in [0.1, 0.15) is 17.8 Å². The van der Waals surface area contributed by atoms with Gasteiger partial charge in [-0.1, -0.05) is 6.07 Å². The van der Waals surface area contributed by atoms with Crippen LogP contribution in [0, 0.1) is 11.3 Å². The standard InChI is InChI=1S/C17H19N5OS/c18-12-14-16(19-15-5-1-2-6-21(14)15)22-7-3-4-13(22)17(23)20-8-10-24-11-9-20/h1-2,5-6,13H,3-4,7-11H2/t13-/m0/s1. The van der Waals surface area contributed by atoms with Crippen molar-refractivity contribution in [3.63, 3.8) is 0 Å². The predicted octanol–water partition coefficient (Wildman–Crippen LogP) is 1.75. The molecule has 1 amide bonds. The van der Waals surface area contributed by atoms with Crippen molar-refractivity contribution in [1.82, 2.24) is 14.3 Å². The van der Waals surface area contributed by atoms with Gasteiger partial charge >= 0.3 is 0 Å². The van der Waals surface area contributed by atoms with Crippen molar-refractivity contribution in [3.8, 4) is 6.07 Å². The number of hydrogen-bond acceptors (Lipinski definition) is 5. The molecule has 0 aromatic carbocycles. The van der Waals surface area contributed by atoms with Crippen LogP contribution in [0.4, 0.5) is 5.82 Å². The third-order valence-corrected chi connectivity index (χ3v) is 5.69.